The number of ketones is 1. The maximum absolute atomic E-state index is 12.4. The van der Waals surface area contributed by atoms with Gasteiger partial charge in [-0.2, -0.15) is 0 Å². The molecule has 0 N–H and O–H groups in total. The van der Waals surface area contributed by atoms with E-state index in [1.54, 1.807) is 6.92 Å². The van der Waals surface area contributed by atoms with Crippen molar-refractivity contribution in [1.29, 1.82) is 0 Å². The zero-order chi connectivity index (χ0) is 16.4. The van der Waals surface area contributed by atoms with Crippen LogP contribution in [0.4, 0.5) is 0 Å². The number of carbonyl (C=O) groups is 1. The molecule has 0 aliphatic rings. The normalized spacial score (nSPS) is 10.9. The molecular weight excluding hydrogens is 288 g/mol. The molecule has 1 heterocycles. The first-order valence-corrected chi connectivity index (χ1v) is 7.67. The van der Waals surface area contributed by atoms with Crippen molar-refractivity contribution >= 4 is 16.6 Å². The molecule has 3 rings (SSSR count). The molecule has 0 saturated heterocycles. The van der Waals surface area contributed by atoms with Crippen LogP contribution in [0.1, 0.15) is 24.5 Å². The minimum Gasteiger partial charge on any atom is -0.422 e. The van der Waals surface area contributed by atoms with Gasteiger partial charge in [0.1, 0.15) is 11.5 Å². The molecule has 3 nitrogen and oxygen atoms in total. The summed E-state index contributed by atoms with van der Waals surface area (Å²) in [7, 11) is 0. The minimum atomic E-state index is -0.339. The molecule has 0 radical (unpaired) electrons. The molecule has 0 aliphatic heterocycles. The van der Waals surface area contributed by atoms with Crippen LogP contribution in [0.5, 0.6) is 0 Å². The van der Waals surface area contributed by atoms with Gasteiger partial charge in [-0.3, -0.25) is 0 Å². The molecule has 0 atom stereocenters. The van der Waals surface area contributed by atoms with Crippen LogP contribution in [-0.2, 0) is 11.2 Å². The number of carbonyl (C=O) groups excluding carboxylic acids is 1. The molecule has 0 amide bonds. The predicted octanol–water partition coefficient (Wildman–Crippen LogP) is 4.29. The van der Waals surface area contributed by atoms with Crippen molar-refractivity contribution in [2.45, 2.75) is 26.7 Å². The van der Waals surface area contributed by atoms with Gasteiger partial charge in [-0.25, -0.2) is 4.79 Å². The van der Waals surface area contributed by atoms with Gasteiger partial charge < -0.3 is 9.21 Å². The number of aryl methyl sites for hydroxylation is 2. The topological polar surface area (TPSA) is 47.3 Å². The van der Waals surface area contributed by atoms with Gasteiger partial charge in [-0.05, 0) is 31.7 Å². The summed E-state index contributed by atoms with van der Waals surface area (Å²) >= 11 is 0. The van der Waals surface area contributed by atoms with Crippen LogP contribution >= 0.6 is 0 Å². The summed E-state index contributed by atoms with van der Waals surface area (Å²) < 4.78 is 5.63. The van der Waals surface area contributed by atoms with E-state index in [-0.39, 0.29) is 11.4 Å². The molecule has 0 unspecified atom stereocenters. The number of rotatable bonds is 4. The van der Waals surface area contributed by atoms with Crippen molar-refractivity contribution in [2.75, 3.05) is 0 Å². The first-order valence-electron chi connectivity index (χ1n) is 7.67. The first kappa shape index (κ1) is 15.2. The lowest BCUT2D eigenvalue weighted by molar-refractivity contribution is -0.116. The van der Waals surface area contributed by atoms with Gasteiger partial charge in [-0.1, -0.05) is 48.0 Å². The van der Waals surface area contributed by atoms with Crippen molar-refractivity contribution in [3.63, 3.8) is 0 Å². The molecule has 0 aliphatic carbocycles. The lowest BCUT2D eigenvalue weighted by Gasteiger charge is -2.11. The molecule has 3 heteroatoms. The minimum absolute atomic E-state index is 0.121. The Morgan fingerprint density at radius 2 is 1.78 bits per heavy atom. The monoisotopic (exact) mass is 306 g/mol. The van der Waals surface area contributed by atoms with Crippen molar-refractivity contribution < 1.29 is 9.21 Å². The molecule has 0 fully saturated rings. The molecule has 23 heavy (non-hydrogen) atoms. The maximum Gasteiger partial charge on any atom is 0.344 e. The van der Waals surface area contributed by atoms with E-state index in [4.69, 9.17) is 4.42 Å². The highest BCUT2D eigenvalue weighted by Crippen LogP contribution is 2.29. The largest absolute Gasteiger partial charge is 0.422 e. The van der Waals surface area contributed by atoms with E-state index in [9.17, 15) is 9.59 Å². The van der Waals surface area contributed by atoms with Gasteiger partial charge in [0.2, 0.25) is 0 Å². The van der Waals surface area contributed by atoms with Gasteiger partial charge in [0.05, 0.1) is 5.39 Å². The van der Waals surface area contributed by atoms with Crippen LogP contribution in [0, 0.1) is 6.92 Å². The Kier molecular flexibility index (Phi) is 4.11. The van der Waals surface area contributed by atoms with Crippen molar-refractivity contribution in [3.8, 4) is 11.3 Å². The summed E-state index contributed by atoms with van der Waals surface area (Å²) in [5.74, 6) is 0.684. The summed E-state index contributed by atoms with van der Waals surface area (Å²) in [6, 6.07) is 15.3. The Morgan fingerprint density at radius 1 is 1.04 bits per heavy atom. The highest BCUT2D eigenvalue weighted by atomic mass is 16.4. The van der Waals surface area contributed by atoms with Crippen LogP contribution in [0.2, 0.25) is 0 Å². The number of hydrogen-bond donors (Lipinski definition) is 0. The quantitative estimate of drug-likeness (QED) is 0.722. The third kappa shape index (κ3) is 3.09. The van der Waals surface area contributed by atoms with Gasteiger partial charge in [0, 0.05) is 17.5 Å². The van der Waals surface area contributed by atoms with Crippen molar-refractivity contribution in [2.24, 2.45) is 0 Å². The van der Waals surface area contributed by atoms with Crippen LogP contribution in [0.25, 0.3) is 22.1 Å². The second-order valence-electron chi connectivity index (χ2n) is 5.81. The second-order valence-corrected chi connectivity index (χ2v) is 5.81. The van der Waals surface area contributed by atoms with Crippen LogP contribution in [0.15, 0.2) is 57.7 Å². The fourth-order valence-corrected chi connectivity index (χ4v) is 2.79. The Labute approximate surface area is 134 Å². The molecule has 116 valence electrons. The zero-order valence-corrected chi connectivity index (χ0v) is 13.3. The smallest absolute Gasteiger partial charge is 0.344 e. The molecule has 0 saturated carbocycles. The highest BCUT2D eigenvalue weighted by molar-refractivity contribution is 5.89. The van der Waals surface area contributed by atoms with Gasteiger partial charge >= 0.3 is 5.63 Å². The van der Waals surface area contributed by atoms with E-state index in [0.717, 1.165) is 22.1 Å². The predicted molar refractivity (Wildman–Crippen MR) is 91.7 cm³/mol. The third-order valence-corrected chi connectivity index (χ3v) is 3.95. The highest BCUT2D eigenvalue weighted by Gasteiger charge is 2.16. The van der Waals surface area contributed by atoms with Gasteiger partial charge in [0.25, 0.3) is 0 Å². The number of benzene rings is 2. The van der Waals surface area contributed by atoms with Crippen molar-refractivity contribution in [1.82, 2.24) is 0 Å². The van der Waals surface area contributed by atoms with E-state index < -0.39 is 0 Å². The van der Waals surface area contributed by atoms with Crippen LogP contribution in [0.3, 0.4) is 0 Å². The van der Waals surface area contributed by atoms with E-state index >= 15 is 0 Å². The fourth-order valence-electron chi connectivity index (χ4n) is 2.79. The second kappa shape index (κ2) is 6.21. The number of Topliss-reactive ketones (excluding diaryl/α,β-unsaturated/α-hetero) is 1. The van der Waals surface area contributed by atoms with E-state index in [1.165, 1.54) is 0 Å². The molecular formula is C20H18O3. The average Bonchev–Trinajstić information content (AvgIpc) is 2.54. The van der Waals surface area contributed by atoms with Crippen LogP contribution < -0.4 is 5.63 Å². The zero-order valence-electron chi connectivity index (χ0n) is 13.3. The summed E-state index contributed by atoms with van der Waals surface area (Å²) in [5, 5.41) is 1.44. The summed E-state index contributed by atoms with van der Waals surface area (Å²) in [4.78, 5) is 23.8. The van der Waals surface area contributed by atoms with E-state index in [2.05, 4.69) is 0 Å². The standard InChI is InChI=1S/C20H18O3/c1-13-8-10-16-17(11-9-14(2)21)19(15-6-4-3-5-7-15)23-20(22)18(16)12-13/h3-8,10,12H,9,11H2,1-2H3. The molecule has 2 aromatic carbocycles. The SMILES string of the molecule is CC(=O)CCc1c(-c2ccccc2)oc(=O)c2cc(C)ccc12. The number of hydrogen-bond acceptors (Lipinski definition) is 3. The van der Waals surface area contributed by atoms with Crippen molar-refractivity contribution in [3.05, 3.63) is 70.1 Å². The summed E-state index contributed by atoms with van der Waals surface area (Å²) in [6.45, 7) is 3.52. The molecule has 0 spiro atoms. The van der Waals surface area contributed by atoms with Crippen LogP contribution in [-0.4, -0.2) is 5.78 Å². The van der Waals surface area contributed by atoms with E-state index in [1.807, 2.05) is 55.5 Å². The third-order valence-electron chi connectivity index (χ3n) is 3.95. The fraction of sp³-hybridized carbons (Fsp3) is 0.200. The lowest BCUT2D eigenvalue weighted by Crippen LogP contribution is -2.06. The Morgan fingerprint density at radius 3 is 2.48 bits per heavy atom. The Bertz CT molecular complexity index is 921. The van der Waals surface area contributed by atoms with E-state index in [0.29, 0.717) is 24.0 Å². The summed E-state index contributed by atoms with van der Waals surface area (Å²) in [6.07, 6.45) is 0.986. The average molecular weight is 306 g/mol. The Hall–Kier alpha value is -2.68. The lowest BCUT2D eigenvalue weighted by atomic mass is 9.96. The molecule has 0 bridgehead atoms. The first-order chi connectivity index (χ1) is 11.1. The maximum atomic E-state index is 12.4. The number of fused-ring (bicyclic) bond motifs is 1. The molecule has 1 aromatic heterocycles. The molecule has 3 aromatic rings. The summed E-state index contributed by atoms with van der Waals surface area (Å²) in [5.41, 5.74) is 2.44. The van der Waals surface area contributed by atoms with Gasteiger partial charge in [0.15, 0.2) is 0 Å². The van der Waals surface area contributed by atoms with Gasteiger partial charge in [-0.15, -0.1) is 0 Å². The Balaban J connectivity index is 2.30.